The number of rotatable bonds is 11. The Bertz CT molecular complexity index is 1030. The summed E-state index contributed by atoms with van der Waals surface area (Å²) in [6, 6.07) is 5.37. The van der Waals surface area contributed by atoms with E-state index in [0.29, 0.717) is 19.4 Å². The number of aliphatic hydroxyl groups excluding tert-OH is 2. The molecule has 1 heterocycles. The van der Waals surface area contributed by atoms with Crippen molar-refractivity contribution in [2.45, 2.75) is 50.0 Å². The molecule has 2 amide bonds. The highest BCUT2D eigenvalue weighted by atomic mass is 32.2. The fraction of sp³-hybridized carbons (Fsp3) is 0.500. The van der Waals surface area contributed by atoms with E-state index in [1.165, 1.54) is 4.90 Å². The Balaban J connectivity index is 1.99. The monoisotopic (exact) mass is 508 g/mol. The van der Waals surface area contributed by atoms with Gasteiger partial charge in [0.25, 0.3) is 0 Å². The minimum atomic E-state index is -3.93. The Kier molecular flexibility index (Phi) is 10.5. The van der Waals surface area contributed by atoms with E-state index in [4.69, 9.17) is 17.6 Å². The lowest BCUT2D eigenvalue weighted by molar-refractivity contribution is -0.131. The van der Waals surface area contributed by atoms with Crippen LogP contribution in [0.1, 0.15) is 24.8 Å². The fourth-order valence-electron chi connectivity index (χ4n) is 3.62. The predicted molar refractivity (Wildman–Crippen MR) is 129 cm³/mol. The molecule has 4 unspecified atom stereocenters. The normalized spacial score (nSPS) is 19.7. The topological polar surface area (TPSA) is 198 Å². The summed E-state index contributed by atoms with van der Waals surface area (Å²) in [5, 5.41) is 32.5. The Morgan fingerprint density at radius 1 is 1.26 bits per heavy atom. The minimum Gasteiger partial charge on any atom is -0.394 e. The largest absolute Gasteiger partial charge is 0.394 e. The van der Waals surface area contributed by atoms with Crippen molar-refractivity contribution in [3.05, 3.63) is 35.9 Å². The summed E-state index contributed by atoms with van der Waals surface area (Å²) in [6.45, 7) is -0.480. The quantitative estimate of drug-likeness (QED) is 0.0993. The first-order valence-electron chi connectivity index (χ1n) is 11.1. The number of likely N-dealkylation sites (tertiary alicyclic amines) is 1. The van der Waals surface area contributed by atoms with Gasteiger partial charge in [-0.25, -0.2) is 13.1 Å². The number of carbonyl (C=O) groups is 2. The average Bonchev–Trinajstić information content (AvgIpc) is 2.82. The molecule has 0 bridgehead atoms. The van der Waals surface area contributed by atoms with Gasteiger partial charge in [0.15, 0.2) is 5.96 Å². The van der Waals surface area contributed by atoms with Crippen LogP contribution in [0.2, 0.25) is 0 Å². The van der Waals surface area contributed by atoms with Crippen molar-refractivity contribution in [2.24, 2.45) is 5.73 Å². The summed E-state index contributed by atoms with van der Waals surface area (Å²) in [6.07, 6.45) is 5.06. The van der Waals surface area contributed by atoms with Gasteiger partial charge in [-0.1, -0.05) is 30.3 Å². The summed E-state index contributed by atoms with van der Waals surface area (Å²) in [5.41, 5.74) is 6.24. The van der Waals surface area contributed by atoms with Crippen LogP contribution in [0, 0.1) is 17.8 Å². The molecule has 1 aliphatic rings. The summed E-state index contributed by atoms with van der Waals surface area (Å²) in [7, 11) is -3.93. The van der Waals surface area contributed by atoms with Crippen molar-refractivity contribution in [1.29, 1.82) is 5.41 Å². The zero-order chi connectivity index (χ0) is 26.0. The number of nitrogens with two attached hydrogens (primary N) is 1. The number of benzene rings is 1. The summed E-state index contributed by atoms with van der Waals surface area (Å²) in [4.78, 5) is 26.7. The number of amides is 2. The van der Waals surface area contributed by atoms with Gasteiger partial charge in [-0.2, -0.15) is 0 Å². The Labute approximate surface area is 204 Å². The molecule has 1 saturated heterocycles. The maximum atomic E-state index is 12.8. The van der Waals surface area contributed by atoms with Crippen LogP contribution >= 0.6 is 0 Å². The van der Waals surface area contributed by atoms with Gasteiger partial charge < -0.3 is 31.5 Å². The zero-order valence-electron chi connectivity index (χ0n) is 19.2. The molecular formula is C22H32N6O6S. The molecule has 8 N–H and O–H groups in total. The van der Waals surface area contributed by atoms with Gasteiger partial charge in [-0.15, -0.1) is 12.3 Å². The molecule has 0 aromatic heterocycles. The van der Waals surface area contributed by atoms with E-state index in [0.717, 1.165) is 5.56 Å². The SMILES string of the molecule is C#CCC(NC(=O)C(CO)NS(=O)(=O)CCc1ccccc1)C(=O)NC1CCCN(C(=N)N)C1O. The third-order valence-corrected chi connectivity index (χ3v) is 6.89. The summed E-state index contributed by atoms with van der Waals surface area (Å²) >= 11 is 0. The first-order chi connectivity index (χ1) is 16.6. The Morgan fingerprint density at radius 3 is 2.54 bits per heavy atom. The predicted octanol–water partition coefficient (Wildman–Crippen LogP) is -2.19. The number of guanidine groups is 1. The maximum absolute atomic E-state index is 12.8. The van der Waals surface area contributed by atoms with E-state index in [9.17, 15) is 28.2 Å². The second-order valence-corrected chi connectivity index (χ2v) is 10.00. The van der Waals surface area contributed by atoms with Crippen LogP contribution in [-0.2, 0) is 26.0 Å². The molecule has 0 saturated carbocycles. The maximum Gasteiger partial charge on any atom is 0.243 e. The number of nitrogens with zero attached hydrogens (tertiary/aromatic N) is 1. The van der Waals surface area contributed by atoms with E-state index < -0.39 is 52.8 Å². The Morgan fingerprint density at radius 2 is 1.94 bits per heavy atom. The lowest BCUT2D eigenvalue weighted by Gasteiger charge is -2.38. The van der Waals surface area contributed by atoms with Crippen LogP contribution < -0.4 is 21.1 Å². The highest BCUT2D eigenvalue weighted by Gasteiger charge is 2.34. The molecule has 192 valence electrons. The Hall–Kier alpha value is -3.18. The molecule has 2 rings (SSSR count). The third kappa shape index (κ3) is 8.52. The van der Waals surface area contributed by atoms with Crippen molar-refractivity contribution in [3.8, 4) is 12.3 Å². The van der Waals surface area contributed by atoms with Crippen LogP contribution in [0.15, 0.2) is 30.3 Å². The number of aryl methyl sites for hydroxylation is 1. The number of terminal acetylenes is 1. The molecule has 0 radical (unpaired) electrons. The number of piperidine rings is 1. The molecule has 1 aliphatic heterocycles. The molecule has 0 spiro atoms. The van der Waals surface area contributed by atoms with E-state index >= 15 is 0 Å². The fourth-order valence-corrected chi connectivity index (χ4v) is 4.86. The van der Waals surface area contributed by atoms with Gasteiger partial charge in [0, 0.05) is 13.0 Å². The molecule has 1 aromatic carbocycles. The van der Waals surface area contributed by atoms with Crippen LogP contribution in [0.3, 0.4) is 0 Å². The average molecular weight is 509 g/mol. The van der Waals surface area contributed by atoms with Crippen molar-refractivity contribution in [1.82, 2.24) is 20.3 Å². The molecular weight excluding hydrogens is 476 g/mol. The van der Waals surface area contributed by atoms with Crippen molar-refractivity contribution >= 4 is 27.8 Å². The lowest BCUT2D eigenvalue weighted by Crippen LogP contribution is -2.61. The molecule has 4 atom stereocenters. The first kappa shape index (κ1) is 28.1. The third-order valence-electron chi connectivity index (χ3n) is 5.51. The molecule has 1 aromatic rings. The smallest absolute Gasteiger partial charge is 0.243 e. The van der Waals surface area contributed by atoms with Crippen molar-refractivity contribution in [3.63, 3.8) is 0 Å². The molecule has 0 aliphatic carbocycles. The van der Waals surface area contributed by atoms with E-state index in [-0.39, 0.29) is 24.6 Å². The van der Waals surface area contributed by atoms with E-state index in [1.54, 1.807) is 30.3 Å². The highest BCUT2D eigenvalue weighted by Crippen LogP contribution is 2.15. The number of nitrogens with one attached hydrogen (secondary N) is 4. The van der Waals surface area contributed by atoms with Gasteiger partial charge >= 0.3 is 0 Å². The molecule has 12 nitrogen and oxygen atoms in total. The van der Waals surface area contributed by atoms with Crippen LogP contribution in [0.5, 0.6) is 0 Å². The second-order valence-electron chi connectivity index (χ2n) is 8.13. The van der Waals surface area contributed by atoms with Crippen molar-refractivity contribution in [2.75, 3.05) is 18.9 Å². The minimum absolute atomic E-state index is 0.207. The van der Waals surface area contributed by atoms with Crippen LogP contribution in [0.25, 0.3) is 0 Å². The summed E-state index contributed by atoms with van der Waals surface area (Å²) < 4.78 is 27.0. The standard InChI is InChI=1S/C22H32N6O6S/c1-2-7-16(19(30)26-17-10-6-12-28(21(17)32)22(23)24)25-20(31)18(14-29)27-35(33,34)13-11-15-8-4-3-5-9-15/h1,3-5,8-9,16-18,21,27,29,32H,6-7,10-14H2,(H3,23,24)(H,25,31)(H,26,30). The zero-order valence-corrected chi connectivity index (χ0v) is 20.0. The number of aliphatic hydroxyl groups is 2. The van der Waals surface area contributed by atoms with E-state index in [1.807, 2.05) is 0 Å². The van der Waals surface area contributed by atoms with Crippen molar-refractivity contribution < 1.29 is 28.2 Å². The lowest BCUT2D eigenvalue weighted by atomic mass is 10.0. The first-order valence-corrected chi connectivity index (χ1v) is 12.7. The van der Waals surface area contributed by atoms with Gasteiger partial charge in [-0.3, -0.25) is 15.0 Å². The van der Waals surface area contributed by atoms with Crippen LogP contribution in [-0.4, -0.2) is 84.6 Å². The molecule has 13 heteroatoms. The number of carbonyl (C=O) groups excluding carboxylic acids is 2. The molecule has 35 heavy (non-hydrogen) atoms. The van der Waals surface area contributed by atoms with Gasteiger partial charge in [-0.05, 0) is 24.8 Å². The molecule has 1 fully saturated rings. The van der Waals surface area contributed by atoms with Gasteiger partial charge in [0.2, 0.25) is 21.8 Å². The van der Waals surface area contributed by atoms with Gasteiger partial charge in [0.1, 0.15) is 18.3 Å². The van der Waals surface area contributed by atoms with E-state index in [2.05, 4.69) is 21.3 Å². The number of hydrogen-bond acceptors (Lipinski definition) is 7. The summed E-state index contributed by atoms with van der Waals surface area (Å²) in [5.74, 6) is -0.00207. The number of hydrogen-bond donors (Lipinski definition) is 7. The van der Waals surface area contributed by atoms with Crippen LogP contribution in [0.4, 0.5) is 0 Å². The second kappa shape index (κ2) is 13.1. The van der Waals surface area contributed by atoms with Gasteiger partial charge in [0.05, 0.1) is 18.4 Å². The highest BCUT2D eigenvalue weighted by molar-refractivity contribution is 7.89. The number of sulfonamides is 1.